The van der Waals surface area contributed by atoms with Crippen LogP contribution in [0.15, 0.2) is 78.1 Å². The zero-order valence-electron chi connectivity index (χ0n) is 17.4. The van der Waals surface area contributed by atoms with E-state index >= 15 is 0 Å². The van der Waals surface area contributed by atoms with Crippen molar-refractivity contribution in [3.8, 4) is 11.5 Å². The summed E-state index contributed by atoms with van der Waals surface area (Å²) in [5, 5.41) is 0. The molecule has 164 valence electrons. The maximum atomic E-state index is 14.2. The number of hydrogen-bond acceptors (Lipinski definition) is 2. The number of rotatable bonds is 6. The van der Waals surface area contributed by atoms with Crippen LogP contribution >= 0.6 is 0 Å². The summed E-state index contributed by atoms with van der Waals surface area (Å²) in [5.41, 5.74) is 1.67. The van der Waals surface area contributed by atoms with E-state index < -0.39 is 17.6 Å². The maximum Gasteiger partial charge on any atom is 0.419 e. The third-order valence-electron chi connectivity index (χ3n) is 5.08. The fourth-order valence-electron chi connectivity index (χ4n) is 3.59. The van der Waals surface area contributed by atoms with Crippen molar-refractivity contribution in [2.75, 3.05) is 0 Å². The predicted octanol–water partition coefficient (Wildman–Crippen LogP) is 7.97. The summed E-state index contributed by atoms with van der Waals surface area (Å²) < 4.78 is 64.7. The van der Waals surface area contributed by atoms with E-state index in [4.69, 9.17) is 9.47 Å². The second-order valence-electron chi connectivity index (χ2n) is 7.60. The van der Waals surface area contributed by atoms with E-state index in [9.17, 15) is 17.6 Å². The third-order valence-corrected chi connectivity index (χ3v) is 5.08. The third kappa shape index (κ3) is 5.78. The van der Waals surface area contributed by atoms with Gasteiger partial charge in [0.25, 0.3) is 0 Å². The standard InChI is InChI=1S/C25H24F4O2/c1-4-18-11-16(2)12-19(18)13-17(3)30-15-20-14-21(9-10-23(20)26)31-24-8-6-5-7-22(24)25(27,28)29/h4-10,13-14,16H,3,11-12,15H2,1-2H3/b18-4-,19-13-/t16-/m1/s1. The minimum absolute atomic E-state index is 0.0847. The van der Waals surface area contributed by atoms with Gasteiger partial charge in [0, 0.05) is 5.56 Å². The Kier molecular flexibility index (Phi) is 6.88. The second kappa shape index (κ2) is 9.41. The quantitative estimate of drug-likeness (QED) is 0.340. The molecule has 31 heavy (non-hydrogen) atoms. The van der Waals surface area contributed by atoms with E-state index in [1.54, 1.807) is 0 Å². The number of halogens is 4. The normalized spacial score (nSPS) is 19.1. The van der Waals surface area contributed by atoms with Gasteiger partial charge in [-0.3, -0.25) is 0 Å². The highest BCUT2D eigenvalue weighted by Crippen LogP contribution is 2.38. The largest absolute Gasteiger partial charge is 0.489 e. The van der Waals surface area contributed by atoms with Crippen molar-refractivity contribution in [1.29, 1.82) is 0 Å². The lowest BCUT2D eigenvalue weighted by atomic mass is 10.1. The molecule has 0 unspecified atom stereocenters. The van der Waals surface area contributed by atoms with Crippen LogP contribution in [0.1, 0.15) is 37.8 Å². The molecular weight excluding hydrogens is 408 g/mol. The van der Waals surface area contributed by atoms with E-state index in [-0.39, 0.29) is 23.7 Å². The van der Waals surface area contributed by atoms with E-state index in [2.05, 4.69) is 19.6 Å². The number of para-hydroxylation sites is 1. The molecule has 1 atom stereocenters. The summed E-state index contributed by atoms with van der Waals surface area (Å²) >= 11 is 0. The van der Waals surface area contributed by atoms with Crippen molar-refractivity contribution in [2.24, 2.45) is 5.92 Å². The van der Waals surface area contributed by atoms with Gasteiger partial charge in [-0.2, -0.15) is 13.2 Å². The minimum atomic E-state index is -4.56. The average molecular weight is 432 g/mol. The molecule has 1 aliphatic rings. The molecule has 3 rings (SSSR count). The summed E-state index contributed by atoms with van der Waals surface area (Å²) in [6.45, 7) is 7.92. The number of ether oxygens (including phenoxy) is 2. The molecule has 0 N–H and O–H groups in total. The Labute approximate surface area is 179 Å². The molecular formula is C25H24F4O2. The molecule has 0 aromatic heterocycles. The number of alkyl halides is 3. The Morgan fingerprint density at radius 1 is 1.13 bits per heavy atom. The molecule has 2 aromatic carbocycles. The van der Waals surface area contributed by atoms with E-state index in [0.29, 0.717) is 11.7 Å². The highest BCUT2D eigenvalue weighted by atomic mass is 19.4. The van der Waals surface area contributed by atoms with E-state index in [1.807, 2.05) is 13.0 Å². The van der Waals surface area contributed by atoms with Crippen LogP contribution in [0.2, 0.25) is 0 Å². The molecule has 1 saturated carbocycles. The Morgan fingerprint density at radius 2 is 1.84 bits per heavy atom. The van der Waals surface area contributed by atoms with Crippen LogP contribution in [0, 0.1) is 11.7 Å². The molecule has 1 aliphatic carbocycles. The van der Waals surface area contributed by atoms with Gasteiger partial charge in [-0.15, -0.1) is 0 Å². The van der Waals surface area contributed by atoms with Crippen LogP contribution in [0.5, 0.6) is 11.5 Å². The summed E-state index contributed by atoms with van der Waals surface area (Å²) in [6.07, 6.45) is 1.30. The molecule has 6 heteroatoms. The fraction of sp³-hybridized carbons (Fsp3) is 0.280. The smallest absolute Gasteiger partial charge is 0.419 e. The summed E-state index contributed by atoms with van der Waals surface area (Å²) in [5.74, 6) is 0.145. The molecule has 1 fully saturated rings. The SMILES string of the molecule is C=C(/C=C1/C[C@H](C)C/C1=C/C)OCc1cc(Oc2ccccc2C(F)(F)F)ccc1F. The van der Waals surface area contributed by atoms with Gasteiger partial charge in [-0.25, -0.2) is 4.39 Å². The summed E-state index contributed by atoms with van der Waals surface area (Å²) in [6, 6.07) is 8.63. The minimum Gasteiger partial charge on any atom is -0.489 e. The van der Waals surface area contributed by atoms with Crippen LogP contribution < -0.4 is 4.74 Å². The number of hydrogen-bond donors (Lipinski definition) is 0. The van der Waals surface area contributed by atoms with Gasteiger partial charge in [0.1, 0.15) is 29.7 Å². The van der Waals surface area contributed by atoms with Crippen molar-refractivity contribution in [3.63, 3.8) is 0 Å². The molecule has 0 amide bonds. The average Bonchev–Trinajstić information content (AvgIpc) is 3.07. The van der Waals surface area contributed by atoms with Crippen LogP contribution in [0.4, 0.5) is 17.6 Å². The topological polar surface area (TPSA) is 18.5 Å². The van der Waals surface area contributed by atoms with Crippen molar-refractivity contribution in [2.45, 2.75) is 39.5 Å². The molecule has 2 nitrogen and oxygen atoms in total. The first-order valence-electron chi connectivity index (χ1n) is 9.97. The summed E-state index contributed by atoms with van der Waals surface area (Å²) in [4.78, 5) is 0. The monoisotopic (exact) mass is 432 g/mol. The van der Waals surface area contributed by atoms with Gasteiger partial charge < -0.3 is 9.47 Å². The Balaban J connectivity index is 1.72. The van der Waals surface area contributed by atoms with Crippen LogP contribution in [-0.4, -0.2) is 0 Å². The maximum absolute atomic E-state index is 14.2. The fourth-order valence-corrected chi connectivity index (χ4v) is 3.59. The van der Waals surface area contributed by atoms with Crippen molar-refractivity contribution >= 4 is 0 Å². The highest BCUT2D eigenvalue weighted by Gasteiger charge is 2.34. The predicted molar refractivity (Wildman–Crippen MR) is 112 cm³/mol. The Bertz CT molecular complexity index is 1020. The molecule has 0 aliphatic heterocycles. The molecule has 2 aromatic rings. The van der Waals surface area contributed by atoms with Gasteiger partial charge in [-0.1, -0.05) is 31.7 Å². The lowest BCUT2D eigenvalue weighted by Gasteiger charge is -2.14. The first-order valence-corrected chi connectivity index (χ1v) is 9.97. The van der Waals surface area contributed by atoms with Gasteiger partial charge in [0.05, 0.1) is 5.56 Å². The zero-order chi connectivity index (χ0) is 22.6. The first-order chi connectivity index (χ1) is 14.7. The van der Waals surface area contributed by atoms with Gasteiger partial charge >= 0.3 is 6.18 Å². The van der Waals surface area contributed by atoms with Gasteiger partial charge in [-0.05, 0) is 73.2 Å². The second-order valence-corrected chi connectivity index (χ2v) is 7.60. The van der Waals surface area contributed by atoms with E-state index in [1.165, 1.54) is 35.9 Å². The molecule has 0 bridgehead atoms. The first kappa shape index (κ1) is 22.7. The molecule has 0 spiro atoms. The van der Waals surface area contributed by atoms with Crippen molar-refractivity contribution in [1.82, 2.24) is 0 Å². The molecule has 0 saturated heterocycles. The van der Waals surface area contributed by atoms with Crippen molar-refractivity contribution in [3.05, 3.63) is 95.0 Å². The number of benzene rings is 2. The Morgan fingerprint density at radius 3 is 2.55 bits per heavy atom. The Hall–Kier alpha value is -3.02. The lowest BCUT2D eigenvalue weighted by Crippen LogP contribution is -2.07. The van der Waals surface area contributed by atoms with E-state index in [0.717, 1.165) is 30.5 Å². The lowest BCUT2D eigenvalue weighted by molar-refractivity contribution is -0.138. The zero-order valence-corrected chi connectivity index (χ0v) is 17.4. The molecule has 0 heterocycles. The van der Waals surface area contributed by atoms with Crippen LogP contribution in [0.25, 0.3) is 0 Å². The summed E-state index contributed by atoms with van der Waals surface area (Å²) in [7, 11) is 0. The van der Waals surface area contributed by atoms with Crippen LogP contribution in [-0.2, 0) is 17.5 Å². The highest BCUT2D eigenvalue weighted by molar-refractivity contribution is 5.41. The van der Waals surface area contributed by atoms with Crippen LogP contribution in [0.3, 0.4) is 0 Å². The van der Waals surface area contributed by atoms with Gasteiger partial charge in [0.2, 0.25) is 0 Å². The number of allylic oxidation sites excluding steroid dienone is 4. The van der Waals surface area contributed by atoms with Crippen molar-refractivity contribution < 1.29 is 27.0 Å². The molecule has 0 radical (unpaired) electrons. The van der Waals surface area contributed by atoms with Gasteiger partial charge in [0.15, 0.2) is 0 Å².